The molecule has 0 aromatic carbocycles. The Balaban J connectivity index is 0. The number of amides is 2. The van der Waals surface area contributed by atoms with Gasteiger partial charge >= 0.3 is 0 Å². The smallest absolute Gasteiger partial charge is 0.218 e. The van der Waals surface area contributed by atoms with Crippen LogP contribution in [0.2, 0.25) is 0 Å². The molecular formula is C7H16N2O2. The molecule has 2 amide bonds. The zero-order chi connectivity index (χ0) is 9.44. The number of rotatable bonds is 0. The molecule has 0 heterocycles. The van der Waals surface area contributed by atoms with Gasteiger partial charge in [0.2, 0.25) is 11.8 Å². The van der Waals surface area contributed by atoms with Crippen molar-refractivity contribution >= 4 is 11.8 Å². The highest BCUT2D eigenvalue weighted by Crippen LogP contribution is 1.69. The Bertz CT molecular complexity index is 132. The minimum Gasteiger partial charge on any atom is -0.359 e. The average molecular weight is 160 g/mol. The molecule has 0 aliphatic carbocycles. The highest BCUT2D eigenvalue weighted by molar-refractivity contribution is 5.72. The first kappa shape index (κ1) is 12.6. The summed E-state index contributed by atoms with van der Waals surface area (Å²) in [5.41, 5.74) is 0. The Hall–Kier alpha value is -1.06. The second-order valence-electron chi connectivity index (χ2n) is 2.22. The van der Waals surface area contributed by atoms with Gasteiger partial charge in [-0.05, 0) is 0 Å². The van der Waals surface area contributed by atoms with E-state index >= 15 is 0 Å². The molecule has 0 fully saturated rings. The molecule has 4 nitrogen and oxygen atoms in total. The average Bonchev–Trinajstić information content (AvgIpc) is 1.89. The van der Waals surface area contributed by atoms with Gasteiger partial charge in [-0.1, -0.05) is 0 Å². The molecule has 0 bridgehead atoms. The number of carbonyl (C=O) groups excluding carboxylic acids is 2. The maximum atomic E-state index is 10.1. The molecule has 0 aromatic rings. The van der Waals surface area contributed by atoms with Crippen LogP contribution >= 0.6 is 0 Å². The topological polar surface area (TPSA) is 49.4 Å². The van der Waals surface area contributed by atoms with Crippen molar-refractivity contribution in [2.24, 2.45) is 0 Å². The lowest BCUT2D eigenvalue weighted by Crippen LogP contribution is -2.17. The molecular weight excluding hydrogens is 144 g/mol. The van der Waals surface area contributed by atoms with Crippen LogP contribution < -0.4 is 5.32 Å². The highest BCUT2D eigenvalue weighted by Gasteiger charge is 1.87. The molecule has 0 saturated carbocycles. The largest absolute Gasteiger partial charge is 0.359 e. The minimum absolute atomic E-state index is 0.00463. The fourth-order valence-electron chi connectivity index (χ4n) is 0. The first-order chi connectivity index (χ1) is 4.91. The fraction of sp³-hybridized carbons (Fsp3) is 0.714. The second-order valence-corrected chi connectivity index (χ2v) is 2.22. The van der Waals surface area contributed by atoms with E-state index in [1.807, 2.05) is 0 Å². The zero-order valence-electron chi connectivity index (χ0n) is 7.76. The molecule has 4 heteroatoms. The van der Waals surface area contributed by atoms with Crippen LogP contribution in [0.25, 0.3) is 0 Å². The summed E-state index contributed by atoms with van der Waals surface area (Å²) < 4.78 is 0. The SMILES string of the molecule is CC(=O)N(C)C.CNC(C)=O. The van der Waals surface area contributed by atoms with Crippen LogP contribution in [0.3, 0.4) is 0 Å². The summed E-state index contributed by atoms with van der Waals surface area (Å²) in [4.78, 5) is 21.3. The van der Waals surface area contributed by atoms with Crippen molar-refractivity contribution < 1.29 is 9.59 Å². The van der Waals surface area contributed by atoms with Gasteiger partial charge in [0, 0.05) is 35.0 Å². The molecule has 0 unspecified atom stereocenters. The Morgan fingerprint density at radius 2 is 1.36 bits per heavy atom. The summed E-state index contributed by atoms with van der Waals surface area (Å²) in [7, 11) is 5.05. The van der Waals surface area contributed by atoms with Crippen LogP contribution in [-0.2, 0) is 9.59 Å². The van der Waals surface area contributed by atoms with Crippen LogP contribution in [0.15, 0.2) is 0 Å². The van der Waals surface area contributed by atoms with E-state index in [1.54, 1.807) is 21.1 Å². The standard InChI is InChI=1S/C4H9NO.C3H7NO/c1-4(6)5(2)3;1-3(5)4-2/h1-3H3;1-2H3,(H,4,5). The quantitative estimate of drug-likeness (QED) is 0.535. The number of carbonyl (C=O) groups is 2. The first-order valence-corrected chi connectivity index (χ1v) is 3.28. The van der Waals surface area contributed by atoms with Crippen LogP contribution in [0.4, 0.5) is 0 Å². The Morgan fingerprint density at radius 3 is 1.36 bits per heavy atom. The van der Waals surface area contributed by atoms with Crippen molar-refractivity contribution in [1.29, 1.82) is 0 Å². The molecule has 11 heavy (non-hydrogen) atoms. The maximum absolute atomic E-state index is 10.1. The third-order valence-electron chi connectivity index (χ3n) is 0.982. The van der Waals surface area contributed by atoms with E-state index in [0.717, 1.165) is 0 Å². The molecule has 1 N–H and O–H groups in total. The van der Waals surface area contributed by atoms with E-state index in [9.17, 15) is 9.59 Å². The zero-order valence-corrected chi connectivity index (χ0v) is 7.76. The summed E-state index contributed by atoms with van der Waals surface area (Å²) >= 11 is 0. The van der Waals surface area contributed by atoms with Crippen LogP contribution in [0.5, 0.6) is 0 Å². The van der Waals surface area contributed by atoms with Gasteiger partial charge in [-0.15, -0.1) is 0 Å². The van der Waals surface area contributed by atoms with Crippen LogP contribution in [0.1, 0.15) is 13.8 Å². The number of nitrogens with one attached hydrogen (secondary N) is 1. The van der Waals surface area contributed by atoms with Gasteiger partial charge in [-0.25, -0.2) is 0 Å². The van der Waals surface area contributed by atoms with Crippen LogP contribution in [0, 0.1) is 0 Å². The first-order valence-electron chi connectivity index (χ1n) is 3.28. The Kier molecular flexibility index (Phi) is 8.08. The summed E-state index contributed by atoms with van der Waals surface area (Å²) in [6.45, 7) is 3.00. The summed E-state index contributed by atoms with van der Waals surface area (Å²) in [5, 5.41) is 2.39. The summed E-state index contributed by atoms with van der Waals surface area (Å²) in [5.74, 6) is 0.0972. The third kappa shape index (κ3) is 17.6. The molecule has 0 aliphatic rings. The molecule has 0 aromatic heterocycles. The third-order valence-corrected chi connectivity index (χ3v) is 0.982. The Labute approximate surface area is 67.6 Å². The van der Waals surface area contributed by atoms with E-state index < -0.39 is 0 Å². The molecule has 0 spiro atoms. The molecule has 0 radical (unpaired) electrons. The number of nitrogens with zero attached hydrogens (tertiary/aromatic N) is 1. The maximum Gasteiger partial charge on any atom is 0.218 e. The van der Waals surface area contributed by atoms with Crippen molar-refractivity contribution in [2.75, 3.05) is 21.1 Å². The summed E-state index contributed by atoms with van der Waals surface area (Å²) in [6, 6.07) is 0. The molecule has 0 aliphatic heterocycles. The Morgan fingerprint density at radius 1 is 1.18 bits per heavy atom. The predicted molar refractivity (Wildman–Crippen MR) is 44.1 cm³/mol. The highest BCUT2D eigenvalue weighted by atomic mass is 16.2. The van der Waals surface area contributed by atoms with Crippen molar-refractivity contribution in [2.45, 2.75) is 13.8 Å². The van der Waals surface area contributed by atoms with E-state index in [0.29, 0.717) is 0 Å². The van der Waals surface area contributed by atoms with E-state index in [-0.39, 0.29) is 11.8 Å². The van der Waals surface area contributed by atoms with E-state index in [2.05, 4.69) is 5.32 Å². The van der Waals surface area contributed by atoms with E-state index in [4.69, 9.17) is 0 Å². The normalized spacial score (nSPS) is 7.36. The van der Waals surface area contributed by atoms with Gasteiger partial charge in [-0.2, -0.15) is 0 Å². The number of hydrogen-bond donors (Lipinski definition) is 1. The van der Waals surface area contributed by atoms with Gasteiger partial charge in [0.25, 0.3) is 0 Å². The predicted octanol–water partition coefficient (Wildman–Crippen LogP) is -0.153. The van der Waals surface area contributed by atoms with Gasteiger partial charge < -0.3 is 10.2 Å². The lowest BCUT2D eigenvalue weighted by atomic mass is 10.7. The second kappa shape index (κ2) is 7.05. The van der Waals surface area contributed by atoms with Gasteiger partial charge in [-0.3, -0.25) is 9.59 Å². The molecule has 0 saturated heterocycles. The monoisotopic (exact) mass is 160 g/mol. The van der Waals surface area contributed by atoms with Gasteiger partial charge in [0.05, 0.1) is 0 Å². The van der Waals surface area contributed by atoms with Crippen LogP contribution in [-0.4, -0.2) is 37.9 Å². The van der Waals surface area contributed by atoms with Crippen molar-refractivity contribution in [3.63, 3.8) is 0 Å². The van der Waals surface area contributed by atoms with Crippen molar-refractivity contribution in [3.05, 3.63) is 0 Å². The van der Waals surface area contributed by atoms with Crippen molar-refractivity contribution in [1.82, 2.24) is 10.2 Å². The van der Waals surface area contributed by atoms with Gasteiger partial charge in [0.15, 0.2) is 0 Å². The lowest BCUT2D eigenvalue weighted by Gasteiger charge is -2.02. The van der Waals surface area contributed by atoms with E-state index in [1.165, 1.54) is 18.7 Å². The van der Waals surface area contributed by atoms with Crippen molar-refractivity contribution in [3.8, 4) is 0 Å². The minimum atomic E-state index is 0.00463. The van der Waals surface area contributed by atoms with Gasteiger partial charge in [0.1, 0.15) is 0 Å². The summed E-state index contributed by atoms with van der Waals surface area (Å²) in [6.07, 6.45) is 0. The lowest BCUT2D eigenvalue weighted by molar-refractivity contribution is -0.126. The number of hydrogen-bond acceptors (Lipinski definition) is 2. The fourth-order valence-corrected chi connectivity index (χ4v) is 0. The molecule has 66 valence electrons. The molecule has 0 atom stereocenters. The molecule has 0 rings (SSSR count).